The fraction of sp³-hybridized carbons (Fsp3) is 0.333. The molecule has 1 heterocycles. The van der Waals surface area contributed by atoms with Crippen molar-refractivity contribution >= 4 is 17.9 Å². The van der Waals surface area contributed by atoms with E-state index in [0.717, 1.165) is 29.7 Å². The molecule has 0 aliphatic heterocycles. The number of aryl methyl sites for hydroxylation is 1. The minimum Gasteiger partial charge on any atom is -0.298 e. The number of benzene rings is 1. The van der Waals surface area contributed by atoms with Crippen molar-refractivity contribution in [2.75, 3.05) is 0 Å². The van der Waals surface area contributed by atoms with E-state index in [-0.39, 0.29) is 0 Å². The summed E-state index contributed by atoms with van der Waals surface area (Å²) in [6, 6.07) is 7.84. The maximum atomic E-state index is 11.2. The average molecular weight is 277 g/mol. The molecule has 0 aliphatic rings. The lowest BCUT2D eigenvalue weighted by Gasteiger charge is -2.06. The van der Waals surface area contributed by atoms with Crippen molar-refractivity contribution in [2.45, 2.75) is 27.2 Å². The van der Waals surface area contributed by atoms with Crippen LogP contribution in [0.2, 0.25) is 5.15 Å². The van der Waals surface area contributed by atoms with Crippen LogP contribution in [0.15, 0.2) is 24.3 Å². The van der Waals surface area contributed by atoms with Crippen LogP contribution in [0, 0.1) is 12.8 Å². The summed E-state index contributed by atoms with van der Waals surface area (Å²) in [6.45, 7) is 6.18. The zero-order valence-corrected chi connectivity index (χ0v) is 12.1. The molecule has 19 heavy (non-hydrogen) atoms. The van der Waals surface area contributed by atoms with Crippen LogP contribution in [-0.4, -0.2) is 16.1 Å². The molecule has 2 rings (SSSR count). The van der Waals surface area contributed by atoms with Gasteiger partial charge in [0, 0.05) is 0 Å². The van der Waals surface area contributed by atoms with E-state index >= 15 is 0 Å². The highest BCUT2D eigenvalue weighted by atomic mass is 35.5. The molecular weight excluding hydrogens is 260 g/mol. The number of hydrogen-bond donors (Lipinski definition) is 0. The summed E-state index contributed by atoms with van der Waals surface area (Å²) < 4.78 is 1.65. The molecule has 0 unspecified atom stereocenters. The Bertz CT molecular complexity index is 602. The highest BCUT2D eigenvalue weighted by Gasteiger charge is 2.18. The number of carbonyl (C=O) groups excluding carboxylic acids is 1. The third kappa shape index (κ3) is 2.71. The summed E-state index contributed by atoms with van der Waals surface area (Å²) in [5.74, 6) is 0.426. The second kappa shape index (κ2) is 5.57. The Labute approximate surface area is 118 Å². The zero-order chi connectivity index (χ0) is 14.0. The van der Waals surface area contributed by atoms with Crippen LogP contribution >= 0.6 is 11.6 Å². The van der Waals surface area contributed by atoms with Crippen LogP contribution in [0.5, 0.6) is 0 Å². The Morgan fingerprint density at radius 3 is 2.63 bits per heavy atom. The van der Waals surface area contributed by atoms with Gasteiger partial charge in [-0.1, -0.05) is 43.6 Å². The summed E-state index contributed by atoms with van der Waals surface area (Å²) in [4.78, 5) is 11.2. The maximum absolute atomic E-state index is 11.2. The first-order valence-electron chi connectivity index (χ1n) is 6.33. The van der Waals surface area contributed by atoms with E-state index in [1.807, 2.05) is 31.2 Å². The van der Waals surface area contributed by atoms with Crippen LogP contribution in [-0.2, 0) is 6.42 Å². The van der Waals surface area contributed by atoms with Gasteiger partial charge in [0.1, 0.15) is 5.15 Å². The predicted molar refractivity (Wildman–Crippen MR) is 77.2 cm³/mol. The Morgan fingerprint density at radius 1 is 1.37 bits per heavy atom. The van der Waals surface area contributed by atoms with E-state index < -0.39 is 0 Å². The van der Waals surface area contributed by atoms with Crippen molar-refractivity contribution in [1.82, 2.24) is 9.78 Å². The molecule has 0 fully saturated rings. The van der Waals surface area contributed by atoms with Gasteiger partial charge in [-0.15, -0.1) is 0 Å². The lowest BCUT2D eigenvalue weighted by molar-refractivity contribution is 0.112. The topological polar surface area (TPSA) is 34.9 Å². The maximum Gasteiger partial charge on any atom is 0.155 e. The minimum absolute atomic E-state index is 0.389. The molecule has 1 aromatic carbocycles. The number of aldehydes is 1. The van der Waals surface area contributed by atoms with Crippen molar-refractivity contribution in [3.63, 3.8) is 0 Å². The van der Waals surface area contributed by atoms with E-state index in [2.05, 4.69) is 18.9 Å². The van der Waals surface area contributed by atoms with Gasteiger partial charge in [-0.05, 0) is 30.9 Å². The summed E-state index contributed by atoms with van der Waals surface area (Å²) in [5.41, 5.74) is 3.24. The molecule has 0 aliphatic carbocycles. The van der Waals surface area contributed by atoms with Gasteiger partial charge in [-0.25, -0.2) is 4.68 Å². The molecule has 0 amide bonds. The fourth-order valence-corrected chi connectivity index (χ4v) is 2.35. The summed E-state index contributed by atoms with van der Waals surface area (Å²) in [7, 11) is 0. The van der Waals surface area contributed by atoms with E-state index in [4.69, 9.17) is 11.6 Å². The number of nitrogens with zero attached hydrogens (tertiary/aromatic N) is 2. The van der Waals surface area contributed by atoms with Gasteiger partial charge >= 0.3 is 0 Å². The molecule has 0 spiro atoms. The molecule has 0 bridgehead atoms. The Balaban J connectivity index is 2.56. The van der Waals surface area contributed by atoms with Gasteiger partial charge < -0.3 is 0 Å². The highest BCUT2D eigenvalue weighted by Crippen LogP contribution is 2.25. The smallest absolute Gasteiger partial charge is 0.155 e. The number of carbonyl (C=O) groups is 1. The van der Waals surface area contributed by atoms with E-state index in [1.54, 1.807) is 4.68 Å². The van der Waals surface area contributed by atoms with Crippen molar-refractivity contribution < 1.29 is 4.79 Å². The molecule has 100 valence electrons. The van der Waals surface area contributed by atoms with Crippen molar-refractivity contribution in [3.05, 3.63) is 46.2 Å². The van der Waals surface area contributed by atoms with Crippen molar-refractivity contribution in [3.8, 4) is 5.69 Å². The minimum atomic E-state index is 0.389. The number of para-hydroxylation sites is 1. The average Bonchev–Trinajstić information content (AvgIpc) is 2.65. The Kier molecular flexibility index (Phi) is 4.05. The summed E-state index contributed by atoms with van der Waals surface area (Å²) in [6.07, 6.45) is 1.54. The van der Waals surface area contributed by atoms with Crippen molar-refractivity contribution in [2.24, 2.45) is 5.92 Å². The molecule has 0 radical (unpaired) electrons. The lowest BCUT2D eigenvalue weighted by atomic mass is 10.1. The number of rotatable bonds is 4. The summed E-state index contributed by atoms with van der Waals surface area (Å²) in [5, 5.41) is 4.89. The summed E-state index contributed by atoms with van der Waals surface area (Å²) >= 11 is 6.29. The van der Waals surface area contributed by atoms with Gasteiger partial charge in [-0.3, -0.25) is 4.79 Å². The van der Waals surface area contributed by atoms with Gasteiger partial charge in [0.15, 0.2) is 6.29 Å². The second-order valence-corrected chi connectivity index (χ2v) is 5.42. The molecule has 1 aromatic heterocycles. The third-order valence-electron chi connectivity index (χ3n) is 3.00. The molecule has 0 saturated carbocycles. The lowest BCUT2D eigenvalue weighted by Crippen LogP contribution is -2.01. The molecule has 3 nitrogen and oxygen atoms in total. The molecule has 0 atom stereocenters. The van der Waals surface area contributed by atoms with Crippen LogP contribution in [0.3, 0.4) is 0 Å². The van der Waals surface area contributed by atoms with Gasteiger partial charge in [0.2, 0.25) is 0 Å². The van der Waals surface area contributed by atoms with E-state index in [9.17, 15) is 4.79 Å². The van der Waals surface area contributed by atoms with E-state index in [0.29, 0.717) is 16.6 Å². The SMILES string of the molecule is Cc1ccccc1-n1nc(CC(C)C)c(C=O)c1Cl. The van der Waals surface area contributed by atoms with Crippen LogP contribution in [0.1, 0.15) is 35.5 Å². The highest BCUT2D eigenvalue weighted by molar-refractivity contribution is 6.32. The number of halogens is 1. The first kappa shape index (κ1) is 13.8. The first-order valence-corrected chi connectivity index (χ1v) is 6.71. The monoisotopic (exact) mass is 276 g/mol. The largest absolute Gasteiger partial charge is 0.298 e. The Morgan fingerprint density at radius 2 is 2.05 bits per heavy atom. The second-order valence-electron chi connectivity index (χ2n) is 5.07. The van der Waals surface area contributed by atoms with Crippen LogP contribution < -0.4 is 0 Å². The quantitative estimate of drug-likeness (QED) is 0.795. The third-order valence-corrected chi connectivity index (χ3v) is 3.37. The van der Waals surface area contributed by atoms with Crippen molar-refractivity contribution in [1.29, 1.82) is 0 Å². The van der Waals surface area contributed by atoms with Gasteiger partial charge in [0.05, 0.1) is 16.9 Å². The molecular formula is C15H17ClN2O. The van der Waals surface area contributed by atoms with Gasteiger partial charge in [-0.2, -0.15) is 5.10 Å². The van der Waals surface area contributed by atoms with Crippen LogP contribution in [0.25, 0.3) is 5.69 Å². The molecule has 2 aromatic rings. The van der Waals surface area contributed by atoms with Crippen LogP contribution in [0.4, 0.5) is 0 Å². The first-order chi connectivity index (χ1) is 9.04. The normalized spacial score (nSPS) is 11.0. The Hall–Kier alpha value is -1.61. The molecule has 4 heteroatoms. The molecule has 0 saturated heterocycles. The number of hydrogen-bond acceptors (Lipinski definition) is 2. The molecule has 0 N–H and O–H groups in total. The fourth-order valence-electron chi connectivity index (χ4n) is 2.07. The predicted octanol–water partition coefficient (Wildman–Crippen LogP) is 3.85. The standard InChI is InChI=1S/C15H17ClN2O/c1-10(2)8-13-12(9-19)15(16)18(17-13)14-7-5-4-6-11(14)3/h4-7,9-10H,8H2,1-3H3. The number of aromatic nitrogens is 2. The van der Waals surface area contributed by atoms with Gasteiger partial charge in [0.25, 0.3) is 0 Å². The van der Waals surface area contributed by atoms with E-state index in [1.165, 1.54) is 0 Å². The zero-order valence-electron chi connectivity index (χ0n) is 11.4.